The molecule has 0 atom stereocenters. The maximum atomic E-state index is 12.0. The Hall–Kier alpha value is -3.00. The molecule has 130 valence electrons. The molecule has 0 saturated heterocycles. The number of ether oxygens (including phenoxy) is 3. The van der Waals surface area contributed by atoms with Crippen LogP contribution in [0.15, 0.2) is 36.4 Å². The van der Waals surface area contributed by atoms with Crippen LogP contribution in [0.5, 0.6) is 17.2 Å². The molecule has 0 aliphatic rings. The standard InChI is InChI=1S/C20H21NO4/c1-13(2)17-7-6-16(9-14(17)3)24-12-20(22)25-18-8-5-15(11-21)10-19(18)23-4/h5-10,13H,12H2,1-4H3. The van der Waals surface area contributed by atoms with Crippen molar-refractivity contribution in [1.29, 1.82) is 5.26 Å². The SMILES string of the molecule is COc1cc(C#N)ccc1OC(=O)COc1ccc(C(C)C)c(C)c1. The Labute approximate surface area is 147 Å². The van der Waals surface area contributed by atoms with Crippen molar-refractivity contribution in [2.45, 2.75) is 26.7 Å². The first-order valence-electron chi connectivity index (χ1n) is 7.96. The van der Waals surface area contributed by atoms with Gasteiger partial charge in [-0.05, 0) is 48.2 Å². The van der Waals surface area contributed by atoms with Gasteiger partial charge in [0.15, 0.2) is 18.1 Å². The predicted molar refractivity (Wildman–Crippen MR) is 94.1 cm³/mol. The van der Waals surface area contributed by atoms with Gasteiger partial charge in [-0.3, -0.25) is 0 Å². The third kappa shape index (κ3) is 4.74. The van der Waals surface area contributed by atoms with Gasteiger partial charge in [-0.2, -0.15) is 5.26 Å². The zero-order valence-corrected chi connectivity index (χ0v) is 14.8. The van der Waals surface area contributed by atoms with E-state index in [2.05, 4.69) is 13.8 Å². The summed E-state index contributed by atoms with van der Waals surface area (Å²) in [7, 11) is 1.45. The summed E-state index contributed by atoms with van der Waals surface area (Å²) in [4.78, 5) is 12.0. The van der Waals surface area contributed by atoms with E-state index < -0.39 is 5.97 Å². The Bertz CT molecular complexity index is 806. The lowest BCUT2D eigenvalue weighted by atomic mass is 9.98. The highest BCUT2D eigenvalue weighted by atomic mass is 16.6. The molecular formula is C20H21NO4. The highest BCUT2D eigenvalue weighted by molar-refractivity contribution is 5.75. The first-order valence-corrected chi connectivity index (χ1v) is 7.96. The van der Waals surface area contributed by atoms with Gasteiger partial charge < -0.3 is 14.2 Å². The average Bonchev–Trinajstić information content (AvgIpc) is 2.60. The normalized spacial score (nSPS) is 10.2. The molecule has 0 aliphatic heterocycles. The second-order valence-electron chi connectivity index (χ2n) is 5.91. The molecule has 0 aliphatic carbocycles. The van der Waals surface area contributed by atoms with Crippen molar-refractivity contribution < 1.29 is 19.0 Å². The van der Waals surface area contributed by atoms with Gasteiger partial charge in [0.2, 0.25) is 0 Å². The third-order valence-corrected chi connectivity index (χ3v) is 3.74. The number of hydrogen-bond acceptors (Lipinski definition) is 5. The Morgan fingerprint density at radius 1 is 1.16 bits per heavy atom. The van der Waals surface area contributed by atoms with Crippen molar-refractivity contribution in [2.24, 2.45) is 0 Å². The maximum absolute atomic E-state index is 12.0. The van der Waals surface area contributed by atoms with Gasteiger partial charge in [0.05, 0.1) is 18.7 Å². The van der Waals surface area contributed by atoms with Gasteiger partial charge in [0.25, 0.3) is 0 Å². The van der Waals surface area contributed by atoms with Crippen LogP contribution < -0.4 is 14.2 Å². The van der Waals surface area contributed by atoms with Crippen LogP contribution in [0.4, 0.5) is 0 Å². The zero-order valence-electron chi connectivity index (χ0n) is 14.8. The molecule has 0 bridgehead atoms. The van der Waals surface area contributed by atoms with Crippen LogP contribution in [-0.2, 0) is 4.79 Å². The van der Waals surface area contributed by atoms with Gasteiger partial charge >= 0.3 is 5.97 Å². The minimum absolute atomic E-state index is 0.219. The largest absolute Gasteiger partial charge is 0.493 e. The lowest BCUT2D eigenvalue weighted by Gasteiger charge is -2.13. The number of benzene rings is 2. The van der Waals surface area contributed by atoms with Gasteiger partial charge in [-0.15, -0.1) is 0 Å². The van der Waals surface area contributed by atoms with Crippen molar-refractivity contribution in [2.75, 3.05) is 13.7 Å². The minimum Gasteiger partial charge on any atom is -0.493 e. The molecule has 5 heteroatoms. The zero-order chi connectivity index (χ0) is 18.4. The molecule has 25 heavy (non-hydrogen) atoms. The molecule has 0 saturated carbocycles. The fourth-order valence-corrected chi connectivity index (χ4v) is 2.50. The van der Waals surface area contributed by atoms with Gasteiger partial charge in [-0.1, -0.05) is 19.9 Å². The lowest BCUT2D eigenvalue weighted by Crippen LogP contribution is -2.18. The van der Waals surface area contributed by atoms with Crippen molar-refractivity contribution in [3.05, 3.63) is 53.1 Å². The average molecular weight is 339 g/mol. The number of nitrogens with zero attached hydrogens (tertiary/aromatic N) is 1. The number of carbonyl (C=O) groups is 1. The predicted octanol–water partition coefficient (Wildman–Crippen LogP) is 3.98. The molecule has 2 aromatic carbocycles. The van der Waals surface area contributed by atoms with E-state index in [1.54, 1.807) is 6.07 Å². The van der Waals surface area contributed by atoms with E-state index in [9.17, 15) is 4.79 Å². The Balaban J connectivity index is 2.00. The number of carbonyl (C=O) groups excluding carboxylic acids is 1. The molecule has 0 heterocycles. The first-order chi connectivity index (χ1) is 11.9. The summed E-state index contributed by atoms with van der Waals surface area (Å²) in [6, 6.07) is 12.4. The molecule has 0 N–H and O–H groups in total. The first kappa shape index (κ1) is 18.3. The molecule has 0 radical (unpaired) electrons. The lowest BCUT2D eigenvalue weighted by molar-refractivity contribution is -0.136. The van der Waals surface area contributed by atoms with Crippen LogP contribution in [0.2, 0.25) is 0 Å². The minimum atomic E-state index is -0.548. The van der Waals surface area contributed by atoms with Crippen LogP contribution in [0.1, 0.15) is 36.5 Å². The van der Waals surface area contributed by atoms with E-state index in [-0.39, 0.29) is 12.4 Å². The fourth-order valence-electron chi connectivity index (χ4n) is 2.50. The number of esters is 1. The summed E-state index contributed by atoms with van der Waals surface area (Å²) in [5.74, 6) is 1.08. The van der Waals surface area contributed by atoms with Crippen molar-refractivity contribution >= 4 is 5.97 Å². The number of methoxy groups -OCH3 is 1. The van der Waals surface area contributed by atoms with Gasteiger partial charge in [0, 0.05) is 6.07 Å². The van der Waals surface area contributed by atoms with E-state index in [0.717, 1.165) is 5.56 Å². The molecular weight excluding hydrogens is 318 g/mol. The third-order valence-electron chi connectivity index (χ3n) is 3.74. The summed E-state index contributed by atoms with van der Waals surface area (Å²) in [6.07, 6.45) is 0. The van der Waals surface area contributed by atoms with E-state index >= 15 is 0 Å². The summed E-state index contributed by atoms with van der Waals surface area (Å²) in [5.41, 5.74) is 2.79. The summed E-state index contributed by atoms with van der Waals surface area (Å²) >= 11 is 0. The highest BCUT2D eigenvalue weighted by Gasteiger charge is 2.12. The number of hydrogen-bond donors (Lipinski definition) is 0. The van der Waals surface area contributed by atoms with Crippen LogP contribution in [0, 0.1) is 18.3 Å². The monoisotopic (exact) mass is 339 g/mol. The van der Waals surface area contributed by atoms with Crippen LogP contribution >= 0.6 is 0 Å². The summed E-state index contributed by atoms with van der Waals surface area (Å²) in [6.45, 7) is 6.06. The van der Waals surface area contributed by atoms with Crippen molar-refractivity contribution in [3.8, 4) is 23.3 Å². The Morgan fingerprint density at radius 3 is 2.52 bits per heavy atom. The fraction of sp³-hybridized carbons (Fsp3) is 0.300. The molecule has 5 nitrogen and oxygen atoms in total. The topological polar surface area (TPSA) is 68.5 Å². The number of aryl methyl sites for hydroxylation is 1. The molecule has 2 aromatic rings. The molecule has 0 aromatic heterocycles. The Kier molecular flexibility index (Phi) is 6.02. The number of nitriles is 1. The quantitative estimate of drug-likeness (QED) is 0.588. The summed E-state index contributed by atoms with van der Waals surface area (Å²) in [5, 5.41) is 8.88. The van der Waals surface area contributed by atoms with Crippen molar-refractivity contribution in [3.63, 3.8) is 0 Å². The van der Waals surface area contributed by atoms with Crippen molar-refractivity contribution in [1.82, 2.24) is 0 Å². The number of rotatable bonds is 6. The Morgan fingerprint density at radius 2 is 1.92 bits per heavy atom. The smallest absolute Gasteiger partial charge is 0.349 e. The second kappa shape index (κ2) is 8.20. The van der Waals surface area contributed by atoms with Crippen LogP contribution in [-0.4, -0.2) is 19.7 Å². The van der Waals surface area contributed by atoms with Crippen LogP contribution in [0.3, 0.4) is 0 Å². The van der Waals surface area contributed by atoms with Gasteiger partial charge in [0.1, 0.15) is 5.75 Å². The molecule has 2 rings (SSSR count). The summed E-state index contributed by atoms with van der Waals surface area (Å²) < 4.78 is 15.9. The maximum Gasteiger partial charge on any atom is 0.349 e. The van der Waals surface area contributed by atoms with E-state index in [0.29, 0.717) is 23.0 Å². The van der Waals surface area contributed by atoms with Gasteiger partial charge in [-0.25, -0.2) is 4.79 Å². The second-order valence-corrected chi connectivity index (χ2v) is 5.91. The molecule has 0 spiro atoms. The van der Waals surface area contributed by atoms with E-state index in [1.165, 1.54) is 24.8 Å². The molecule has 0 amide bonds. The van der Waals surface area contributed by atoms with E-state index in [4.69, 9.17) is 19.5 Å². The highest BCUT2D eigenvalue weighted by Crippen LogP contribution is 2.28. The molecule has 0 unspecified atom stereocenters. The van der Waals surface area contributed by atoms with Crippen LogP contribution in [0.25, 0.3) is 0 Å². The van der Waals surface area contributed by atoms with E-state index in [1.807, 2.05) is 31.2 Å². The molecule has 0 fully saturated rings.